The van der Waals surface area contributed by atoms with Crippen LogP contribution in [0.4, 0.5) is 11.5 Å². The number of hydrogen-bond acceptors (Lipinski definition) is 11. The van der Waals surface area contributed by atoms with Gasteiger partial charge in [-0.05, 0) is 60.7 Å². The summed E-state index contributed by atoms with van der Waals surface area (Å²) in [5.74, 6) is -1.32. The number of para-hydroxylation sites is 1. The molecule has 0 radical (unpaired) electrons. The molecule has 56 heavy (non-hydrogen) atoms. The Hall–Kier alpha value is -6.31. The molecule has 0 aliphatic carbocycles. The summed E-state index contributed by atoms with van der Waals surface area (Å²) in [7, 11) is 0. The number of anilines is 2. The maximum Gasteiger partial charge on any atom is 0.262 e. The Morgan fingerprint density at radius 2 is 1.55 bits per heavy atom. The highest BCUT2D eigenvalue weighted by Gasteiger charge is 2.44. The Bertz CT molecular complexity index is 2070. The number of phenolic OH excluding ortho intramolecular Hbond substituents is 1. The van der Waals surface area contributed by atoms with Crippen molar-refractivity contribution in [2.45, 2.75) is 83.2 Å². The normalized spacial score (nSPS) is 15.1. The zero-order valence-corrected chi connectivity index (χ0v) is 31.2. The number of aromatic nitrogens is 2. The molecule has 2 aliphatic rings. The highest BCUT2D eigenvalue weighted by Crippen LogP contribution is 2.31. The van der Waals surface area contributed by atoms with Crippen LogP contribution >= 0.6 is 0 Å². The fourth-order valence-corrected chi connectivity index (χ4v) is 6.82. The molecule has 1 saturated heterocycles. The molecule has 2 aliphatic heterocycles. The number of piperidine rings is 1. The van der Waals surface area contributed by atoms with Crippen LogP contribution in [0.25, 0.3) is 11.3 Å². The first-order valence-electron chi connectivity index (χ1n) is 19.2. The van der Waals surface area contributed by atoms with Crippen molar-refractivity contribution in [1.29, 1.82) is 0 Å². The van der Waals surface area contributed by atoms with E-state index in [9.17, 15) is 29.1 Å². The Morgan fingerprint density at radius 3 is 2.32 bits per heavy atom. The molecule has 14 nitrogen and oxygen atoms in total. The number of nitrogens with one attached hydrogen (secondary N) is 3. The van der Waals surface area contributed by atoms with E-state index in [1.54, 1.807) is 48.5 Å². The van der Waals surface area contributed by atoms with E-state index in [1.165, 1.54) is 0 Å². The quantitative estimate of drug-likeness (QED) is 0.0612. The van der Waals surface area contributed by atoms with E-state index in [4.69, 9.17) is 10.5 Å². The number of amides is 5. The van der Waals surface area contributed by atoms with Gasteiger partial charge in [-0.25, -0.2) is 0 Å². The largest absolute Gasteiger partial charge is 0.507 e. The van der Waals surface area contributed by atoms with Crippen LogP contribution in [-0.4, -0.2) is 68.9 Å². The summed E-state index contributed by atoms with van der Waals surface area (Å²) in [6, 6.07) is 20.6. The second-order valence-corrected chi connectivity index (χ2v) is 14.0. The van der Waals surface area contributed by atoms with Crippen LogP contribution in [0.15, 0.2) is 72.8 Å². The highest BCUT2D eigenvalue weighted by atomic mass is 16.5. The van der Waals surface area contributed by atoms with Crippen molar-refractivity contribution in [2.24, 2.45) is 0 Å². The molecule has 5 amide bonds. The minimum atomic E-state index is -0.975. The molecule has 0 bridgehead atoms. The number of unbranched alkanes of at least 4 members (excludes halogenated alkanes) is 6. The molecular formula is C42H47N7O7. The number of rotatable bonds is 19. The van der Waals surface area contributed by atoms with Gasteiger partial charge in [-0.3, -0.25) is 34.2 Å². The number of benzene rings is 3. The lowest BCUT2D eigenvalue weighted by Crippen LogP contribution is -2.54. The molecule has 3 aromatic carbocycles. The number of carbonyl (C=O) groups excluding carboxylic acids is 5. The lowest BCUT2D eigenvalue weighted by molar-refractivity contribution is -0.136. The summed E-state index contributed by atoms with van der Waals surface area (Å²) in [6.07, 6.45) is 8.45. The zero-order valence-electron chi connectivity index (χ0n) is 31.2. The summed E-state index contributed by atoms with van der Waals surface area (Å²) < 4.78 is 5.89. The van der Waals surface area contributed by atoms with Gasteiger partial charge in [0.2, 0.25) is 17.7 Å². The van der Waals surface area contributed by atoms with Crippen molar-refractivity contribution in [3.05, 3.63) is 95.1 Å². The Morgan fingerprint density at radius 1 is 0.839 bits per heavy atom. The van der Waals surface area contributed by atoms with Gasteiger partial charge >= 0.3 is 0 Å². The van der Waals surface area contributed by atoms with Gasteiger partial charge in [-0.2, -0.15) is 0 Å². The van der Waals surface area contributed by atoms with E-state index < -0.39 is 29.7 Å². The number of nitrogens with zero attached hydrogens (tertiary/aromatic N) is 3. The standard InChI is InChI=1S/C42H47N7O7/c43-39-36(25-33(47-48-39)31-10-7-8-11-35(31)50)56-23-21-27-13-15-28(16-14-27)26-45-37(51)12-6-4-2-1-3-5-9-22-44-29-17-18-30-32(24-29)42(55)49(41(30)54)34-19-20-38(52)46-40(34)53/h7-8,10-11,13-18,24-25,34,44,50H,1-6,9,12,19-23,26H2,(H2,43,48)(H,45,51)(H,46,52,53). The number of fused-ring (bicyclic) bond motifs is 1. The Balaban J connectivity index is 0.793. The summed E-state index contributed by atoms with van der Waals surface area (Å²) in [5.41, 5.74) is 10.3. The number of hydrogen-bond donors (Lipinski definition) is 5. The molecule has 3 heterocycles. The van der Waals surface area contributed by atoms with Gasteiger partial charge in [0.05, 0.1) is 17.7 Å². The Kier molecular flexibility index (Phi) is 13.2. The molecule has 4 aromatic rings. The number of ether oxygens (including phenoxy) is 1. The molecule has 6 rings (SSSR count). The van der Waals surface area contributed by atoms with E-state index in [2.05, 4.69) is 26.1 Å². The van der Waals surface area contributed by atoms with Gasteiger partial charge < -0.3 is 26.2 Å². The van der Waals surface area contributed by atoms with Crippen LogP contribution in [0.2, 0.25) is 0 Å². The van der Waals surface area contributed by atoms with Gasteiger partial charge in [0.25, 0.3) is 11.8 Å². The average Bonchev–Trinajstić information content (AvgIpc) is 3.44. The summed E-state index contributed by atoms with van der Waals surface area (Å²) in [5, 5.41) is 26.7. The van der Waals surface area contributed by atoms with Crippen LogP contribution in [0.1, 0.15) is 96.1 Å². The van der Waals surface area contributed by atoms with Crippen molar-refractivity contribution in [1.82, 2.24) is 25.7 Å². The SMILES string of the molecule is Nc1nnc(-c2ccccc2O)cc1OCCc1ccc(CNC(=O)CCCCCCCCCNc2ccc3c(c2)C(=O)N(C2CCC(=O)NC2=O)C3=O)cc1. The smallest absolute Gasteiger partial charge is 0.262 e. The van der Waals surface area contributed by atoms with Gasteiger partial charge in [0.15, 0.2) is 11.6 Å². The predicted octanol–water partition coefficient (Wildman–Crippen LogP) is 5.30. The van der Waals surface area contributed by atoms with Crippen LogP contribution < -0.4 is 26.4 Å². The van der Waals surface area contributed by atoms with E-state index >= 15 is 0 Å². The van der Waals surface area contributed by atoms with E-state index in [-0.39, 0.29) is 41.4 Å². The first kappa shape index (κ1) is 39.4. The minimum absolute atomic E-state index is 0.0431. The molecule has 6 N–H and O–H groups in total. The van der Waals surface area contributed by atoms with Crippen LogP contribution in [0.3, 0.4) is 0 Å². The lowest BCUT2D eigenvalue weighted by Gasteiger charge is -2.27. The average molecular weight is 762 g/mol. The fourth-order valence-electron chi connectivity index (χ4n) is 6.82. The topological polar surface area (TPSA) is 206 Å². The van der Waals surface area contributed by atoms with Crippen molar-refractivity contribution in [2.75, 3.05) is 24.2 Å². The number of carbonyl (C=O) groups is 5. The van der Waals surface area contributed by atoms with Crippen LogP contribution in [-0.2, 0) is 27.3 Å². The highest BCUT2D eigenvalue weighted by molar-refractivity contribution is 6.23. The molecule has 1 fully saturated rings. The number of nitrogen functional groups attached to an aromatic ring is 1. The number of phenols is 1. The summed E-state index contributed by atoms with van der Waals surface area (Å²) in [6.45, 7) is 1.57. The van der Waals surface area contributed by atoms with Gasteiger partial charge in [-0.15, -0.1) is 10.2 Å². The second-order valence-electron chi connectivity index (χ2n) is 14.0. The van der Waals surface area contributed by atoms with E-state index in [0.717, 1.165) is 73.2 Å². The molecule has 1 aromatic heterocycles. The molecule has 0 saturated carbocycles. The number of aromatic hydroxyl groups is 1. The maximum absolute atomic E-state index is 13.0. The lowest BCUT2D eigenvalue weighted by atomic mass is 10.0. The molecule has 1 unspecified atom stereocenters. The van der Waals surface area contributed by atoms with Gasteiger partial charge in [0.1, 0.15) is 17.5 Å². The minimum Gasteiger partial charge on any atom is -0.507 e. The van der Waals surface area contributed by atoms with E-state index in [0.29, 0.717) is 43.0 Å². The Labute approximate surface area is 325 Å². The summed E-state index contributed by atoms with van der Waals surface area (Å²) >= 11 is 0. The zero-order chi connectivity index (χ0) is 39.4. The maximum atomic E-state index is 13.0. The fraction of sp³-hybridized carbons (Fsp3) is 0.357. The molecule has 292 valence electrons. The number of nitrogens with two attached hydrogens (primary N) is 1. The number of imide groups is 2. The third kappa shape index (κ3) is 10.1. The first-order valence-corrected chi connectivity index (χ1v) is 19.2. The molecule has 0 spiro atoms. The van der Waals surface area contributed by atoms with Crippen molar-refractivity contribution >= 4 is 41.0 Å². The third-order valence-electron chi connectivity index (χ3n) is 9.98. The molecular weight excluding hydrogens is 715 g/mol. The molecule has 14 heteroatoms. The van der Waals surface area contributed by atoms with E-state index in [1.807, 2.05) is 24.3 Å². The van der Waals surface area contributed by atoms with Gasteiger partial charge in [0, 0.05) is 49.7 Å². The van der Waals surface area contributed by atoms with Crippen LogP contribution in [0.5, 0.6) is 11.5 Å². The van der Waals surface area contributed by atoms with Crippen molar-refractivity contribution < 1.29 is 33.8 Å². The van der Waals surface area contributed by atoms with Gasteiger partial charge in [-0.1, -0.05) is 68.5 Å². The second kappa shape index (κ2) is 18.8. The monoisotopic (exact) mass is 761 g/mol. The van der Waals surface area contributed by atoms with Crippen molar-refractivity contribution in [3.63, 3.8) is 0 Å². The van der Waals surface area contributed by atoms with Crippen LogP contribution in [0, 0.1) is 0 Å². The summed E-state index contributed by atoms with van der Waals surface area (Å²) in [4.78, 5) is 63.1. The third-order valence-corrected chi connectivity index (χ3v) is 9.98. The molecule has 1 atom stereocenters. The first-order chi connectivity index (χ1) is 27.2. The predicted molar refractivity (Wildman–Crippen MR) is 210 cm³/mol. The van der Waals surface area contributed by atoms with Crippen molar-refractivity contribution in [3.8, 4) is 22.8 Å².